The molecule has 0 spiro atoms. The second-order valence-corrected chi connectivity index (χ2v) is 6.63. The van der Waals surface area contributed by atoms with Crippen LogP contribution in [0.5, 0.6) is 0 Å². The molecule has 0 aliphatic heterocycles. The molecule has 7 nitrogen and oxygen atoms in total. The Morgan fingerprint density at radius 3 is 2.67 bits per heavy atom. The highest BCUT2D eigenvalue weighted by Crippen LogP contribution is 2.29. The van der Waals surface area contributed by atoms with Gasteiger partial charge >= 0.3 is 0 Å². The average Bonchev–Trinajstić information content (AvgIpc) is 3.24. The summed E-state index contributed by atoms with van der Waals surface area (Å²) in [5.41, 5.74) is 2.50. The Morgan fingerprint density at radius 2 is 1.93 bits per heavy atom. The van der Waals surface area contributed by atoms with Gasteiger partial charge in [-0.25, -0.2) is 9.97 Å². The van der Waals surface area contributed by atoms with Crippen molar-refractivity contribution in [1.29, 1.82) is 0 Å². The van der Waals surface area contributed by atoms with Crippen molar-refractivity contribution in [2.24, 2.45) is 0 Å². The maximum atomic E-state index is 5.34. The van der Waals surface area contributed by atoms with Crippen LogP contribution in [0.4, 0.5) is 5.82 Å². The molecule has 1 aromatic carbocycles. The predicted molar refractivity (Wildman–Crippen MR) is 103 cm³/mol. The minimum Gasteiger partial charge on any atom is -0.362 e. The van der Waals surface area contributed by atoms with Crippen LogP contribution >= 0.6 is 0 Å². The summed E-state index contributed by atoms with van der Waals surface area (Å²) in [7, 11) is 0. The first-order valence-electron chi connectivity index (χ1n) is 9.01. The van der Waals surface area contributed by atoms with Crippen LogP contribution in [0.25, 0.3) is 11.1 Å². The van der Waals surface area contributed by atoms with Crippen LogP contribution in [0.2, 0.25) is 0 Å². The van der Waals surface area contributed by atoms with Crippen LogP contribution in [-0.2, 0) is 6.54 Å². The number of nitrogens with one attached hydrogen (secondary N) is 1. The number of fused-ring (bicyclic) bond motifs is 1. The number of aromatic nitrogens is 5. The normalized spacial score (nSPS) is 12.4. The summed E-state index contributed by atoms with van der Waals surface area (Å²) in [6, 6.07) is 10.5. The Kier molecular flexibility index (Phi) is 4.58. The van der Waals surface area contributed by atoms with Crippen LogP contribution in [0, 0.1) is 20.8 Å². The van der Waals surface area contributed by atoms with Gasteiger partial charge in [-0.15, -0.1) is 0 Å². The van der Waals surface area contributed by atoms with E-state index in [0.717, 1.165) is 35.7 Å². The molecule has 0 saturated carbocycles. The lowest BCUT2D eigenvalue weighted by Gasteiger charge is -2.21. The third-order valence-electron chi connectivity index (χ3n) is 4.71. The first-order chi connectivity index (χ1) is 13.1. The highest BCUT2D eigenvalue weighted by molar-refractivity contribution is 5.87. The second-order valence-electron chi connectivity index (χ2n) is 6.63. The molecular weight excluding hydrogens is 340 g/mol. The minimum absolute atomic E-state index is 0.0831. The molecule has 0 aliphatic carbocycles. The predicted octanol–water partition coefficient (Wildman–Crippen LogP) is 3.98. The highest BCUT2D eigenvalue weighted by Gasteiger charge is 2.18. The Labute approximate surface area is 157 Å². The first-order valence-corrected chi connectivity index (χ1v) is 9.01. The smallest absolute Gasteiger partial charge is 0.263 e. The number of benzene rings is 1. The van der Waals surface area contributed by atoms with E-state index in [-0.39, 0.29) is 6.04 Å². The second kappa shape index (κ2) is 7.19. The number of imidazole rings is 1. The van der Waals surface area contributed by atoms with Gasteiger partial charge in [0.2, 0.25) is 0 Å². The molecule has 3 heterocycles. The molecule has 1 N–H and O–H groups in total. The van der Waals surface area contributed by atoms with Crippen LogP contribution in [0.3, 0.4) is 0 Å². The summed E-state index contributed by atoms with van der Waals surface area (Å²) in [5, 5.41) is 8.48. The van der Waals surface area contributed by atoms with Gasteiger partial charge in [0.1, 0.15) is 22.9 Å². The van der Waals surface area contributed by atoms with E-state index in [1.807, 2.05) is 39.2 Å². The molecule has 0 fully saturated rings. The third kappa shape index (κ3) is 3.53. The molecule has 4 aromatic rings. The SMILES string of the molecule is Cc1nc(NC(CCn2ccnc2C)c2ccccc2)c2c(C)noc2n1. The van der Waals surface area contributed by atoms with Crippen molar-refractivity contribution in [2.75, 3.05) is 5.32 Å². The highest BCUT2D eigenvalue weighted by atomic mass is 16.5. The number of anilines is 1. The molecule has 0 aliphatic rings. The largest absolute Gasteiger partial charge is 0.362 e. The summed E-state index contributed by atoms with van der Waals surface area (Å²) in [6.07, 6.45) is 4.72. The number of rotatable bonds is 6. The maximum Gasteiger partial charge on any atom is 0.263 e. The van der Waals surface area contributed by atoms with Crippen molar-refractivity contribution in [3.05, 3.63) is 65.6 Å². The van der Waals surface area contributed by atoms with Crippen molar-refractivity contribution in [2.45, 2.75) is 39.8 Å². The molecule has 27 heavy (non-hydrogen) atoms. The molecule has 3 aromatic heterocycles. The topological polar surface area (TPSA) is 81.7 Å². The maximum absolute atomic E-state index is 5.34. The van der Waals surface area contributed by atoms with E-state index in [9.17, 15) is 0 Å². The van der Waals surface area contributed by atoms with Gasteiger partial charge < -0.3 is 14.4 Å². The van der Waals surface area contributed by atoms with Crippen LogP contribution < -0.4 is 5.32 Å². The van der Waals surface area contributed by atoms with E-state index in [4.69, 9.17) is 4.52 Å². The number of nitrogens with zero attached hydrogens (tertiary/aromatic N) is 5. The van der Waals surface area contributed by atoms with Gasteiger partial charge in [-0.1, -0.05) is 35.5 Å². The van der Waals surface area contributed by atoms with Crippen molar-refractivity contribution >= 4 is 16.9 Å². The van der Waals surface area contributed by atoms with Crippen molar-refractivity contribution in [3.8, 4) is 0 Å². The van der Waals surface area contributed by atoms with Crippen molar-refractivity contribution < 1.29 is 4.52 Å². The third-order valence-corrected chi connectivity index (χ3v) is 4.71. The lowest BCUT2D eigenvalue weighted by atomic mass is 10.0. The Balaban J connectivity index is 1.67. The fraction of sp³-hybridized carbons (Fsp3) is 0.300. The van der Waals surface area contributed by atoms with Crippen LogP contribution in [0.1, 0.15) is 35.4 Å². The summed E-state index contributed by atoms with van der Waals surface area (Å²) >= 11 is 0. The number of hydrogen-bond acceptors (Lipinski definition) is 6. The zero-order valence-corrected chi connectivity index (χ0v) is 15.7. The summed E-state index contributed by atoms with van der Waals surface area (Å²) in [4.78, 5) is 13.3. The molecule has 138 valence electrons. The molecule has 0 amide bonds. The first kappa shape index (κ1) is 17.2. The lowest BCUT2D eigenvalue weighted by Crippen LogP contribution is -2.15. The zero-order chi connectivity index (χ0) is 18.8. The van der Waals surface area contributed by atoms with Gasteiger partial charge in [0.25, 0.3) is 5.71 Å². The van der Waals surface area contributed by atoms with Crippen LogP contribution in [0.15, 0.2) is 47.2 Å². The standard InChI is InChI=1S/C20H22N6O/c1-13-18-19(22-14(2)23-20(18)27-25-13)24-17(16-7-5-4-6-8-16)9-11-26-12-10-21-15(26)3/h4-8,10,12,17H,9,11H2,1-3H3,(H,22,23,24). The molecule has 0 bridgehead atoms. The van der Waals surface area contributed by atoms with Crippen LogP contribution in [-0.4, -0.2) is 24.7 Å². The van der Waals surface area contributed by atoms with E-state index < -0.39 is 0 Å². The summed E-state index contributed by atoms with van der Waals surface area (Å²) in [5.74, 6) is 2.42. The van der Waals surface area contributed by atoms with Crippen molar-refractivity contribution in [1.82, 2.24) is 24.7 Å². The minimum atomic E-state index is 0.0831. The zero-order valence-electron chi connectivity index (χ0n) is 15.7. The Bertz CT molecular complexity index is 1050. The van der Waals surface area contributed by atoms with Gasteiger partial charge in [0, 0.05) is 18.9 Å². The molecule has 1 unspecified atom stereocenters. The molecule has 1 atom stereocenters. The number of aryl methyl sites for hydroxylation is 4. The van der Waals surface area contributed by atoms with E-state index >= 15 is 0 Å². The molecular formula is C20H22N6O. The molecule has 4 rings (SSSR count). The van der Waals surface area contributed by atoms with Gasteiger partial charge in [-0.3, -0.25) is 0 Å². The van der Waals surface area contributed by atoms with E-state index in [2.05, 4.69) is 54.3 Å². The van der Waals surface area contributed by atoms with Gasteiger partial charge in [-0.05, 0) is 32.8 Å². The quantitative estimate of drug-likeness (QED) is 0.559. The summed E-state index contributed by atoms with van der Waals surface area (Å²) < 4.78 is 7.49. The Morgan fingerprint density at radius 1 is 1.11 bits per heavy atom. The molecule has 0 saturated heterocycles. The average molecular weight is 362 g/mol. The van der Waals surface area contributed by atoms with Gasteiger partial charge in [0.05, 0.1) is 11.7 Å². The van der Waals surface area contributed by atoms with Gasteiger partial charge in [0.15, 0.2) is 0 Å². The van der Waals surface area contributed by atoms with Crippen molar-refractivity contribution in [3.63, 3.8) is 0 Å². The fourth-order valence-electron chi connectivity index (χ4n) is 3.28. The summed E-state index contributed by atoms with van der Waals surface area (Å²) in [6.45, 7) is 6.63. The lowest BCUT2D eigenvalue weighted by molar-refractivity contribution is 0.442. The molecule has 7 heteroatoms. The Hall–Kier alpha value is -3.22. The van der Waals surface area contributed by atoms with E-state index in [0.29, 0.717) is 11.5 Å². The fourth-order valence-corrected chi connectivity index (χ4v) is 3.28. The van der Waals surface area contributed by atoms with E-state index in [1.165, 1.54) is 5.56 Å². The number of hydrogen-bond donors (Lipinski definition) is 1. The van der Waals surface area contributed by atoms with Gasteiger partial charge in [-0.2, -0.15) is 4.98 Å². The van der Waals surface area contributed by atoms with E-state index in [1.54, 1.807) is 0 Å². The monoisotopic (exact) mass is 362 g/mol. The molecule has 0 radical (unpaired) electrons.